The molecule has 8 nitrogen and oxygen atoms in total. The van der Waals surface area contributed by atoms with Crippen molar-refractivity contribution in [2.45, 2.75) is 58.2 Å². The Kier molecular flexibility index (Phi) is 5.38. The van der Waals surface area contributed by atoms with Gasteiger partial charge in [-0.25, -0.2) is 0 Å². The van der Waals surface area contributed by atoms with Gasteiger partial charge in [0, 0.05) is 24.9 Å². The standard InChI is InChI=1S/C21H28N4O4/c1-20(2,3)23-17(27)13-22-16(26)10-12-24-19(29)14-7-5-6-8-15(14)25-18(28)9-11-21(24,25)4/h5-8H,9-13H2,1-4H3,(H,22,26)(H,23,27)/t21-/m0/s1. The number of benzene rings is 1. The number of hydrogen-bond donors (Lipinski definition) is 2. The number of amides is 4. The van der Waals surface area contributed by atoms with E-state index in [1.807, 2.05) is 33.8 Å². The summed E-state index contributed by atoms with van der Waals surface area (Å²) in [6.07, 6.45) is 0.920. The van der Waals surface area contributed by atoms with E-state index in [1.165, 1.54) is 0 Å². The number of rotatable bonds is 5. The van der Waals surface area contributed by atoms with Crippen LogP contribution in [0.4, 0.5) is 5.69 Å². The van der Waals surface area contributed by atoms with Gasteiger partial charge < -0.3 is 15.5 Å². The van der Waals surface area contributed by atoms with Gasteiger partial charge in [0.25, 0.3) is 5.91 Å². The number of hydrogen-bond acceptors (Lipinski definition) is 4. The minimum atomic E-state index is -0.785. The van der Waals surface area contributed by atoms with E-state index < -0.39 is 5.66 Å². The minimum absolute atomic E-state index is 0.0271. The van der Waals surface area contributed by atoms with E-state index >= 15 is 0 Å². The average Bonchev–Trinajstić information content (AvgIpc) is 2.94. The predicted octanol–water partition coefficient (Wildman–Crippen LogP) is 1.41. The topological polar surface area (TPSA) is 98.8 Å². The van der Waals surface area contributed by atoms with Crippen LogP contribution < -0.4 is 15.5 Å². The number of anilines is 1. The quantitative estimate of drug-likeness (QED) is 0.781. The lowest BCUT2D eigenvalue weighted by Crippen LogP contribution is -2.62. The Labute approximate surface area is 170 Å². The second-order valence-corrected chi connectivity index (χ2v) is 8.74. The van der Waals surface area contributed by atoms with Gasteiger partial charge in [0.1, 0.15) is 5.66 Å². The Morgan fingerprint density at radius 2 is 1.83 bits per heavy atom. The van der Waals surface area contributed by atoms with Crippen LogP contribution in [0.2, 0.25) is 0 Å². The van der Waals surface area contributed by atoms with Crippen molar-refractivity contribution in [3.8, 4) is 0 Å². The molecule has 1 aromatic rings. The molecule has 1 saturated heterocycles. The molecule has 2 N–H and O–H groups in total. The van der Waals surface area contributed by atoms with Gasteiger partial charge in [-0.15, -0.1) is 0 Å². The largest absolute Gasteiger partial charge is 0.350 e. The summed E-state index contributed by atoms with van der Waals surface area (Å²) in [5, 5.41) is 5.37. The van der Waals surface area contributed by atoms with Crippen molar-refractivity contribution in [3.05, 3.63) is 29.8 Å². The van der Waals surface area contributed by atoms with Crippen LogP contribution in [0.25, 0.3) is 0 Å². The summed E-state index contributed by atoms with van der Waals surface area (Å²) in [5.74, 6) is -0.804. The van der Waals surface area contributed by atoms with Crippen LogP contribution in [0.3, 0.4) is 0 Å². The van der Waals surface area contributed by atoms with Crippen LogP contribution in [0.5, 0.6) is 0 Å². The molecule has 0 unspecified atom stereocenters. The molecule has 2 heterocycles. The highest BCUT2D eigenvalue weighted by molar-refractivity contribution is 6.10. The van der Waals surface area contributed by atoms with E-state index in [4.69, 9.17) is 0 Å². The minimum Gasteiger partial charge on any atom is -0.350 e. The number of para-hydroxylation sites is 1. The van der Waals surface area contributed by atoms with Gasteiger partial charge in [0.15, 0.2) is 0 Å². The van der Waals surface area contributed by atoms with Crippen LogP contribution in [0, 0.1) is 0 Å². The molecule has 4 amide bonds. The highest BCUT2D eigenvalue weighted by Gasteiger charge is 2.52. The fourth-order valence-electron chi connectivity index (χ4n) is 3.98. The molecule has 1 atom stereocenters. The molecule has 1 fully saturated rings. The fourth-order valence-corrected chi connectivity index (χ4v) is 3.98. The maximum Gasteiger partial charge on any atom is 0.257 e. The number of nitrogens with zero attached hydrogens (tertiary/aromatic N) is 2. The first kappa shape index (κ1) is 20.8. The van der Waals surface area contributed by atoms with Crippen molar-refractivity contribution in [1.82, 2.24) is 15.5 Å². The number of nitrogens with one attached hydrogen (secondary N) is 2. The first-order valence-corrected chi connectivity index (χ1v) is 9.85. The third-order valence-electron chi connectivity index (χ3n) is 5.27. The second kappa shape index (κ2) is 7.50. The van der Waals surface area contributed by atoms with E-state index in [0.29, 0.717) is 24.1 Å². The van der Waals surface area contributed by atoms with Crippen molar-refractivity contribution in [1.29, 1.82) is 0 Å². The predicted molar refractivity (Wildman–Crippen MR) is 108 cm³/mol. The van der Waals surface area contributed by atoms with Gasteiger partial charge in [0.05, 0.1) is 17.8 Å². The summed E-state index contributed by atoms with van der Waals surface area (Å²) >= 11 is 0. The summed E-state index contributed by atoms with van der Waals surface area (Å²) in [6, 6.07) is 7.06. The maximum atomic E-state index is 13.1. The van der Waals surface area contributed by atoms with Crippen molar-refractivity contribution < 1.29 is 19.2 Å². The Hall–Kier alpha value is -2.90. The fraction of sp³-hybridized carbons (Fsp3) is 0.524. The number of fused-ring (bicyclic) bond motifs is 3. The van der Waals surface area contributed by atoms with Gasteiger partial charge in [-0.3, -0.25) is 24.1 Å². The lowest BCUT2D eigenvalue weighted by Gasteiger charge is -2.48. The Balaban J connectivity index is 1.68. The molecular weight excluding hydrogens is 372 g/mol. The van der Waals surface area contributed by atoms with Crippen molar-refractivity contribution in [3.63, 3.8) is 0 Å². The van der Waals surface area contributed by atoms with Crippen molar-refractivity contribution in [2.24, 2.45) is 0 Å². The summed E-state index contributed by atoms with van der Waals surface area (Å²) in [7, 11) is 0. The third-order valence-corrected chi connectivity index (χ3v) is 5.27. The molecule has 0 aromatic heterocycles. The Morgan fingerprint density at radius 3 is 2.52 bits per heavy atom. The van der Waals surface area contributed by atoms with E-state index in [9.17, 15) is 19.2 Å². The molecule has 1 aromatic carbocycles. The van der Waals surface area contributed by atoms with Crippen LogP contribution in [0.15, 0.2) is 24.3 Å². The lowest BCUT2D eigenvalue weighted by molar-refractivity contribution is -0.127. The molecule has 2 aliphatic heterocycles. The molecule has 0 aliphatic carbocycles. The van der Waals surface area contributed by atoms with Gasteiger partial charge in [-0.1, -0.05) is 12.1 Å². The monoisotopic (exact) mass is 400 g/mol. The van der Waals surface area contributed by atoms with E-state index in [2.05, 4.69) is 10.6 Å². The second-order valence-electron chi connectivity index (χ2n) is 8.74. The van der Waals surface area contributed by atoms with Gasteiger partial charge in [-0.2, -0.15) is 0 Å². The molecule has 3 rings (SSSR count). The van der Waals surface area contributed by atoms with Crippen LogP contribution >= 0.6 is 0 Å². The van der Waals surface area contributed by atoms with E-state index in [1.54, 1.807) is 28.0 Å². The smallest absolute Gasteiger partial charge is 0.257 e. The van der Waals surface area contributed by atoms with Crippen LogP contribution in [0.1, 0.15) is 57.3 Å². The first-order valence-electron chi connectivity index (χ1n) is 9.85. The maximum absolute atomic E-state index is 13.1. The lowest BCUT2D eigenvalue weighted by atomic mass is 9.98. The molecule has 0 radical (unpaired) electrons. The molecule has 156 valence electrons. The molecule has 8 heteroatoms. The van der Waals surface area contributed by atoms with Crippen LogP contribution in [-0.4, -0.2) is 52.8 Å². The van der Waals surface area contributed by atoms with Gasteiger partial charge in [-0.05, 0) is 46.2 Å². The third kappa shape index (κ3) is 4.11. The number of carbonyl (C=O) groups excluding carboxylic acids is 4. The zero-order valence-corrected chi connectivity index (χ0v) is 17.4. The van der Waals surface area contributed by atoms with E-state index in [-0.39, 0.29) is 48.7 Å². The number of carbonyl (C=O) groups is 4. The van der Waals surface area contributed by atoms with Gasteiger partial charge >= 0.3 is 0 Å². The Morgan fingerprint density at radius 1 is 1.14 bits per heavy atom. The summed E-state index contributed by atoms with van der Waals surface area (Å²) in [5.41, 5.74) is -0.0678. The zero-order chi connectivity index (χ0) is 21.4. The van der Waals surface area contributed by atoms with Crippen molar-refractivity contribution in [2.75, 3.05) is 18.0 Å². The highest BCUT2D eigenvalue weighted by atomic mass is 16.2. The van der Waals surface area contributed by atoms with Crippen molar-refractivity contribution >= 4 is 29.3 Å². The molecule has 0 spiro atoms. The molecule has 0 saturated carbocycles. The summed E-state index contributed by atoms with van der Waals surface area (Å²) in [6.45, 7) is 7.50. The molecule has 29 heavy (non-hydrogen) atoms. The average molecular weight is 400 g/mol. The Bertz CT molecular complexity index is 860. The molecular formula is C21H28N4O4. The van der Waals surface area contributed by atoms with Crippen LogP contribution in [-0.2, 0) is 14.4 Å². The highest BCUT2D eigenvalue weighted by Crippen LogP contribution is 2.43. The normalized spacial score (nSPS) is 21.0. The first-order chi connectivity index (χ1) is 13.5. The summed E-state index contributed by atoms with van der Waals surface area (Å²) < 4.78 is 0. The van der Waals surface area contributed by atoms with E-state index in [0.717, 1.165) is 0 Å². The zero-order valence-electron chi connectivity index (χ0n) is 17.4. The molecule has 2 aliphatic rings. The van der Waals surface area contributed by atoms with Gasteiger partial charge in [0.2, 0.25) is 17.7 Å². The molecule has 0 bridgehead atoms. The SMILES string of the molecule is CC(C)(C)NC(=O)CNC(=O)CCN1C(=O)c2ccccc2N2C(=O)CC[C@@]12C. The summed E-state index contributed by atoms with van der Waals surface area (Å²) in [4.78, 5) is 53.0.